The molecule has 13 nitrogen and oxygen atoms in total. The van der Waals surface area contributed by atoms with Crippen LogP contribution in [0.25, 0.3) is 0 Å². The summed E-state index contributed by atoms with van der Waals surface area (Å²) >= 11 is 0. The van der Waals surface area contributed by atoms with Crippen LogP contribution in [0.15, 0.2) is 0 Å². The molecule has 3 rings (SSSR count). The molecule has 0 aromatic rings. The summed E-state index contributed by atoms with van der Waals surface area (Å²) in [7, 11) is 1.47. The Bertz CT molecular complexity index is 823. The molecule has 3 heterocycles. The highest BCUT2D eigenvalue weighted by Gasteiger charge is 2.51. The van der Waals surface area contributed by atoms with Crippen LogP contribution >= 0.6 is 0 Å². The molecule has 3 aliphatic heterocycles. The van der Waals surface area contributed by atoms with Crippen LogP contribution in [0.4, 0.5) is 0 Å². The zero-order chi connectivity index (χ0) is 34.9. The molecule has 13 atom stereocenters. The van der Waals surface area contributed by atoms with Gasteiger partial charge in [-0.05, 0) is 39.0 Å². The van der Waals surface area contributed by atoms with E-state index in [2.05, 4.69) is 27.7 Å². The second-order valence-corrected chi connectivity index (χ2v) is 13.1. The van der Waals surface area contributed by atoms with Gasteiger partial charge < -0.3 is 62.7 Å². The Labute approximate surface area is 288 Å². The Morgan fingerprint density at radius 3 is 1.83 bits per heavy atom. The lowest BCUT2D eigenvalue weighted by molar-refractivity contribution is -0.361. The van der Waals surface area contributed by atoms with Crippen LogP contribution in [0.3, 0.4) is 0 Å². The highest BCUT2D eigenvalue weighted by atomic mass is 16.8. The Morgan fingerprint density at radius 2 is 1.21 bits per heavy atom. The molecule has 0 spiro atoms. The van der Waals surface area contributed by atoms with Crippen molar-refractivity contribution in [1.82, 2.24) is 0 Å². The molecule has 0 aliphatic carbocycles. The molecule has 3 N–H and O–H groups in total. The lowest BCUT2D eigenvalue weighted by atomic mass is 9.97. The molecule has 3 fully saturated rings. The Morgan fingerprint density at radius 1 is 0.604 bits per heavy atom. The normalized spacial score (nSPS) is 37.6. The van der Waals surface area contributed by atoms with Crippen molar-refractivity contribution in [2.24, 2.45) is 0 Å². The van der Waals surface area contributed by atoms with Crippen molar-refractivity contribution < 1.29 is 62.7 Å². The van der Waals surface area contributed by atoms with Crippen molar-refractivity contribution in [3.8, 4) is 0 Å². The molecule has 48 heavy (non-hydrogen) atoms. The zero-order valence-electron chi connectivity index (χ0n) is 30.2. The van der Waals surface area contributed by atoms with E-state index in [9.17, 15) is 15.3 Å². The van der Waals surface area contributed by atoms with E-state index in [4.69, 9.17) is 47.4 Å². The maximum atomic E-state index is 10.9. The number of rotatable bonds is 23. The monoisotopic (exact) mass is 694 g/mol. The van der Waals surface area contributed by atoms with E-state index in [-0.39, 0.29) is 25.4 Å². The lowest BCUT2D eigenvalue weighted by Crippen LogP contribution is -2.64. The number of hydrogen-bond acceptors (Lipinski definition) is 13. The number of methoxy groups -OCH3 is 1. The fourth-order valence-corrected chi connectivity index (χ4v) is 6.17. The molecule has 0 aromatic carbocycles. The molecule has 13 unspecified atom stereocenters. The predicted molar refractivity (Wildman–Crippen MR) is 177 cm³/mol. The fraction of sp³-hybridized carbons (Fsp3) is 1.00. The molecule has 0 bridgehead atoms. The van der Waals surface area contributed by atoms with Crippen LogP contribution in [0.1, 0.15) is 92.4 Å². The molecule has 3 saturated heterocycles. The molecule has 0 saturated carbocycles. The summed E-state index contributed by atoms with van der Waals surface area (Å²) in [6, 6.07) is 0. The topological polar surface area (TPSA) is 153 Å². The Balaban J connectivity index is 1.90. The van der Waals surface area contributed by atoms with Gasteiger partial charge >= 0.3 is 0 Å². The third-order valence-electron chi connectivity index (χ3n) is 9.14. The maximum Gasteiger partial charge on any atom is 0.187 e. The van der Waals surface area contributed by atoms with Gasteiger partial charge in [0.25, 0.3) is 0 Å². The second kappa shape index (κ2) is 23.1. The van der Waals surface area contributed by atoms with Crippen molar-refractivity contribution in [1.29, 1.82) is 0 Å². The van der Waals surface area contributed by atoms with Crippen molar-refractivity contribution in [2.75, 3.05) is 53.4 Å². The van der Waals surface area contributed by atoms with Gasteiger partial charge in [0.15, 0.2) is 12.6 Å². The fourth-order valence-electron chi connectivity index (χ4n) is 6.17. The van der Waals surface area contributed by atoms with Crippen LogP contribution in [0.2, 0.25) is 0 Å². The summed E-state index contributed by atoms with van der Waals surface area (Å²) in [4.78, 5) is 0. The van der Waals surface area contributed by atoms with Crippen molar-refractivity contribution in [2.45, 2.75) is 172 Å². The minimum Gasteiger partial charge on any atom is -0.387 e. The van der Waals surface area contributed by atoms with E-state index in [1.807, 2.05) is 6.92 Å². The van der Waals surface area contributed by atoms with Crippen molar-refractivity contribution >= 4 is 0 Å². The van der Waals surface area contributed by atoms with Crippen LogP contribution in [-0.4, -0.2) is 148 Å². The highest BCUT2D eigenvalue weighted by molar-refractivity contribution is 4.95. The molecular formula is C35H66O13. The smallest absolute Gasteiger partial charge is 0.187 e. The highest BCUT2D eigenvalue weighted by Crippen LogP contribution is 2.34. The van der Waals surface area contributed by atoms with Crippen LogP contribution in [-0.2, 0) is 47.4 Å². The molecular weight excluding hydrogens is 628 g/mol. The number of aliphatic hydroxyl groups is 3. The van der Waals surface area contributed by atoms with Gasteiger partial charge in [-0.15, -0.1) is 0 Å². The molecule has 3 aliphatic rings. The number of hydrogen-bond donors (Lipinski definition) is 3. The van der Waals surface area contributed by atoms with Crippen LogP contribution in [0.5, 0.6) is 0 Å². The number of unbranched alkanes of at least 4 members (excludes halogenated alkanes) is 4. The van der Waals surface area contributed by atoms with Gasteiger partial charge in [-0.2, -0.15) is 0 Å². The van der Waals surface area contributed by atoms with E-state index < -0.39 is 67.5 Å². The first-order valence-corrected chi connectivity index (χ1v) is 18.5. The third kappa shape index (κ3) is 12.3. The third-order valence-corrected chi connectivity index (χ3v) is 9.14. The van der Waals surface area contributed by atoms with Gasteiger partial charge in [0.05, 0.1) is 25.4 Å². The van der Waals surface area contributed by atoms with Gasteiger partial charge in [0, 0.05) is 40.1 Å². The molecule has 0 amide bonds. The van der Waals surface area contributed by atoms with E-state index in [0.717, 1.165) is 51.4 Å². The minimum atomic E-state index is -1.50. The van der Waals surface area contributed by atoms with Gasteiger partial charge in [0.1, 0.15) is 54.9 Å². The first kappa shape index (κ1) is 41.9. The minimum absolute atomic E-state index is 0.0118. The molecule has 0 aromatic heterocycles. The van der Waals surface area contributed by atoms with Gasteiger partial charge in [-0.25, -0.2) is 0 Å². The molecule has 0 radical (unpaired) electrons. The molecule has 13 heteroatoms. The summed E-state index contributed by atoms with van der Waals surface area (Å²) in [5, 5.41) is 32.0. The summed E-state index contributed by atoms with van der Waals surface area (Å²) in [5.41, 5.74) is 0. The second-order valence-electron chi connectivity index (χ2n) is 13.1. The molecule has 284 valence electrons. The largest absolute Gasteiger partial charge is 0.387 e. The quantitative estimate of drug-likeness (QED) is 0.135. The van der Waals surface area contributed by atoms with E-state index in [1.165, 1.54) is 7.11 Å². The Hall–Kier alpha value is -0.520. The predicted octanol–water partition coefficient (Wildman–Crippen LogP) is 3.12. The van der Waals surface area contributed by atoms with Crippen LogP contribution in [0, 0.1) is 0 Å². The van der Waals surface area contributed by atoms with E-state index in [0.29, 0.717) is 39.5 Å². The zero-order valence-corrected chi connectivity index (χ0v) is 30.2. The van der Waals surface area contributed by atoms with E-state index in [1.54, 1.807) is 0 Å². The van der Waals surface area contributed by atoms with E-state index >= 15 is 0 Å². The van der Waals surface area contributed by atoms with Crippen molar-refractivity contribution in [3.05, 3.63) is 0 Å². The summed E-state index contributed by atoms with van der Waals surface area (Å²) in [5.74, 6) is 0. The SMILES string of the molecule is CCCCOCC1OCCC(OC2OC(COC)C(O)C(O)C2O)C1OC1OC(C)C(OCCCC)C(OCCCC)C1OCCCC. The lowest BCUT2D eigenvalue weighted by Gasteiger charge is -2.48. The Kier molecular flexibility index (Phi) is 20.2. The average Bonchev–Trinajstić information content (AvgIpc) is 3.08. The number of ether oxygens (including phenoxy) is 10. The van der Waals surface area contributed by atoms with Crippen LogP contribution < -0.4 is 0 Å². The van der Waals surface area contributed by atoms with Crippen molar-refractivity contribution in [3.63, 3.8) is 0 Å². The summed E-state index contributed by atoms with van der Waals surface area (Å²) in [6.07, 6.45) is -2.95. The summed E-state index contributed by atoms with van der Waals surface area (Å²) in [6.45, 7) is 13.3. The average molecular weight is 695 g/mol. The van der Waals surface area contributed by atoms with Gasteiger partial charge in [0.2, 0.25) is 0 Å². The maximum absolute atomic E-state index is 10.9. The summed E-state index contributed by atoms with van der Waals surface area (Å²) < 4.78 is 62.6. The standard InChI is InChI=1S/C35H66O13/c1-7-11-16-40-22-26-31(24(15-20-41-26)46-34-29(38)28(37)27(36)25(47-34)21-39-6)48-35-33(44-19-14-10-4)32(43-18-13-9-3)30(23(5)45-35)42-17-12-8-2/h23-38H,7-22H2,1-6H3. The first-order chi connectivity index (χ1) is 23.3. The number of aliphatic hydroxyl groups excluding tert-OH is 3. The first-order valence-electron chi connectivity index (χ1n) is 18.5. The van der Waals surface area contributed by atoms with Gasteiger partial charge in [-0.3, -0.25) is 0 Å². The van der Waals surface area contributed by atoms with Gasteiger partial charge in [-0.1, -0.05) is 53.4 Å².